The van der Waals surface area contributed by atoms with Crippen LogP contribution in [0.2, 0.25) is 0 Å². The van der Waals surface area contributed by atoms with Crippen molar-refractivity contribution < 1.29 is 0 Å². The van der Waals surface area contributed by atoms with Crippen molar-refractivity contribution in [1.29, 1.82) is 0 Å². The summed E-state index contributed by atoms with van der Waals surface area (Å²) >= 11 is 0. The minimum absolute atomic E-state index is 0.578. The van der Waals surface area contributed by atoms with Crippen molar-refractivity contribution in [1.82, 2.24) is 4.98 Å². The average Bonchev–Trinajstić information content (AvgIpc) is 2.30. The summed E-state index contributed by atoms with van der Waals surface area (Å²) in [7, 11) is 0. The van der Waals surface area contributed by atoms with E-state index in [1.165, 1.54) is 0 Å². The van der Waals surface area contributed by atoms with E-state index in [4.69, 9.17) is 5.73 Å². The van der Waals surface area contributed by atoms with Crippen molar-refractivity contribution in [2.75, 3.05) is 5.32 Å². The lowest BCUT2D eigenvalue weighted by Crippen LogP contribution is -1.96. The summed E-state index contributed by atoms with van der Waals surface area (Å²) in [5.41, 5.74) is 9.79. The van der Waals surface area contributed by atoms with Gasteiger partial charge in [0.1, 0.15) is 0 Å². The van der Waals surface area contributed by atoms with Gasteiger partial charge in [0.25, 0.3) is 0 Å². The molecular formula is C13H15N3. The molecule has 16 heavy (non-hydrogen) atoms. The van der Waals surface area contributed by atoms with Gasteiger partial charge in [0.2, 0.25) is 0 Å². The van der Waals surface area contributed by atoms with Gasteiger partial charge in [-0.15, -0.1) is 0 Å². The highest BCUT2D eigenvalue weighted by Gasteiger charge is 1.95. The Morgan fingerprint density at radius 3 is 2.50 bits per heavy atom. The summed E-state index contributed by atoms with van der Waals surface area (Å²) in [5.74, 6) is 0. The minimum atomic E-state index is 0.578. The molecule has 3 nitrogen and oxygen atoms in total. The van der Waals surface area contributed by atoms with E-state index in [9.17, 15) is 0 Å². The van der Waals surface area contributed by atoms with Gasteiger partial charge in [0.15, 0.2) is 0 Å². The largest absolute Gasteiger partial charge is 0.355 e. The van der Waals surface area contributed by atoms with E-state index in [1.807, 2.05) is 43.3 Å². The van der Waals surface area contributed by atoms with Crippen LogP contribution in [0.25, 0.3) is 0 Å². The summed E-state index contributed by atoms with van der Waals surface area (Å²) in [6.45, 7) is 2.55. The number of aryl methyl sites for hydroxylation is 1. The normalized spacial score (nSPS) is 10.1. The van der Waals surface area contributed by atoms with Crippen LogP contribution in [0.5, 0.6) is 0 Å². The van der Waals surface area contributed by atoms with E-state index in [-0.39, 0.29) is 0 Å². The molecule has 2 rings (SSSR count). The van der Waals surface area contributed by atoms with Crippen LogP contribution < -0.4 is 11.1 Å². The molecule has 3 N–H and O–H groups in total. The molecule has 0 spiro atoms. The number of anilines is 2. The van der Waals surface area contributed by atoms with E-state index < -0.39 is 0 Å². The van der Waals surface area contributed by atoms with Crippen LogP contribution in [0.4, 0.5) is 11.4 Å². The SMILES string of the molecule is Cc1cc(Nc2ccc(CN)cc2)ccn1. The maximum atomic E-state index is 5.54. The molecule has 0 aliphatic heterocycles. The Balaban J connectivity index is 2.14. The fourth-order valence-corrected chi connectivity index (χ4v) is 1.51. The smallest absolute Gasteiger partial charge is 0.0417 e. The Morgan fingerprint density at radius 1 is 1.12 bits per heavy atom. The van der Waals surface area contributed by atoms with Gasteiger partial charge in [0, 0.05) is 29.8 Å². The van der Waals surface area contributed by atoms with Crippen LogP contribution in [0.3, 0.4) is 0 Å². The second-order valence-electron chi connectivity index (χ2n) is 3.71. The zero-order chi connectivity index (χ0) is 11.4. The number of nitrogens with zero attached hydrogens (tertiary/aromatic N) is 1. The summed E-state index contributed by atoms with van der Waals surface area (Å²) < 4.78 is 0. The molecule has 0 saturated heterocycles. The van der Waals surface area contributed by atoms with Crippen LogP contribution >= 0.6 is 0 Å². The van der Waals surface area contributed by atoms with Crippen molar-refractivity contribution in [2.45, 2.75) is 13.5 Å². The quantitative estimate of drug-likeness (QED) is 0.824. The molecule has 0 amide bonds. The Morgan fingerprint density at radius 2 is 1.88 bits per heavy atom. The molecule has 82 valence electrons. The maximum absolute atomic E-state index is 5.54. The molecule has 0 radical (unpaired) electrons. The molecular weight excluding hydrogens is 198 g/mol. The second kappa shape index (κ2) is 4.77. The van der Waals surface area contributed by atoms with Crippen LogP contribution in [0.15, 0.2) is 42.6 Å². The lowest BCUT2D eigenvalue weighted by molar-refractivity contribution is 1.07. The Hall–Kier alpha value is -1.87. The number of benzene rings is 1. The number of hydrogen-bond donors (Lipinski definition) is 2. The van der Waals surface area contributed by atoms with E-state index in [0.29, 0.717) is 6.54 Å². The summed E-state index contributed by atoms with van der Waals surface area (Å²) in [4.78, 5) is 4.15. The highest BCUT2D eigenvalue weighted by atomic mass is 14.9. The predicted octanol–water partition coefficient (Wildman–Crippen LogP) is 2.59. The van der Waals surface area contributed by atoms with Crippen LogP contribution in [-0.2, 0) is 6.54 Å². The number of nitrogens with one attached hydrogen (secondary N) is 1. The molecule has 0 aliphatic carbocycles. The minimum Gasteiger partial charge on any atom is -0.355 e. The molecule has 0 aliphatic rings. The summed E-state index contributed by atoms with van der Waals surface area (Å²) in [6, 6.07) is 12.1. The number of aromatic nitrogens is 1. The number of pyridine rings is 1. The van der Waals surface area contributed by atoms with Crippen molar-refractivity contribution in [3.05, 3.63) is 53.9 Å². The highest BCUT2D eigenvalue weighted by molar-refractivity contribution is 5.59. The third-order valence-corrected chi connectivity index (χ3v) is 2.37. The molecule has 1 aromatic heterocycles. The van der Waals surface area contributed by atoms with Crippen LogP contribution in [0, 0.1) is 6.92 Å². The monoisotopic (exact) mass is 213 g/mol. The van der Waals surface area contributed by atoms with Gasteiger partial charge in [-0.05, 0) is 36.8 Å². The molecule has 1 heterocycles. The standard InChI is InChI=1S/C13H15N3/c1-10-8-13(6-7-15-10)16-12-4-2-11(9-14)3-5-12/h2-8H,9,14H2,1H3,(H,15,16). The third kappa shape index (κ3) is 2.58. The van der Waals surface area contributed by atoms with Crippen molar-refractivity contribution in [2.24, 2.45) is 5.73 Å². The molecule has 0 atom stereocenters. The van der Waals surface area contributed by atoms with Gasteiger partial charge in [-0.2, -0.15) is 0 Å². The molecule has 2 aromatic rings. The predicted molar refractivity (Wildman–Crippen MR) is 66.6 cm³/mol. The lowest BCUT2D eigenvalue weighted by Gasteiger charge is -2.07. The fraction of sp³-hybridized carbons (Fsp3) is 0.154. The third-order valence-electron chi connectivity index (χ3n) is 2.37. The first-order valence-corrected chi connectivity index (χ1v) is 5.26. The van der Waals surface area contributed by atoms with Crippen molar-refractivity contribution in [3.8, 4) is 0 Å². The van der Waals surface area contributed by atoms with Crippen LogP contribution in [-0.4, -0.2) is 4.98 Å². The van der Waals surface area contributed by atoms with Gasteiger partial charge in [0.05, 0.1) is 0 Å². The number of rotatable bonds is 3. The first kappa shape index (κ1) is 10.6. The number of nitrogens with two attached hydrogens (primary N) is 1. The number of hydrogen-bond acceptors (Lipinski definition) is 3. The zero-order valence-electron chi connectivity index (χ0n) is 9.27. The average molecular weight is 213 g/mol. The van der Waals surface area contributed by atoms with E-state index in [1.54, 1.807) is 6.20 Å². The van der Waals surface area contributed by atoms with E-state index >= 15 is 0 Å². The van der Waals surface area contributed by atoms with Gasteiger partial charge in [-0.3, -0.25) is 4.98 Å². The fourth-order valence-electron chi connectivity index (χ4n) is 1.51. The molecule has 1 aromatic carbocycles. The Bertz CT molecular complexity index is 463. The summed E-state index contributed by atoms with van der Waals surface area (Å²) in [6.07, 6.45) is 1.80. The van der Waals surface area contributed by atoms with Gasteiger partial charge >= 0.3 is 0 Å². The van der Waals surface area contributed by atoms with Crippen molar-refractivity contribution in [3.63, 3.8) is 0 Å². The van der Waals surface area contributed by atoms with E-state index in [2.05, 4.69) is 10.3 Å². The molecule has 0 bridgehead atoms. The Labute approximate surface area is 95.3 Å². The molecule has 0 fully saturated rings. The Kier molecular flexibility index (Phi) is 3.17. The first-order valence-electron chi connectivity index (χ1n) is 5.26. The second-order valence-corrected chi connectivity index (χ2v) is 3.71. The maximum Gasteiger partial charge on any atom is 0.0417 e. The zero-order valence-corrected chi connectivity index (χ0v) is 9.27. The lowest BCUT2D eigenvalue weighted by atomic mass is 10.2. The van der Waals surface area contributed by atoms with Gasteiger partial charge in [-0.1, -0.05) is 12.1 Å². The van der Waals surface area contributed by atoms with Gasteiger partial charge in [-0.25, -0.2) is 0 Å². The molecule has 0 unspecified atom stereocenters. The highest BCUT2D eigenvalue weighted by Crippen LogP contribution is 2.16. The van der Waals surface area contributed by atoms with E-state index in [0.717, 1.165) is 22.6 Å². The van der Waals surface area contributed by atoms with Crippen LogP contribution in [0.1, 0.15) is 11.3 Å². The topological polar surface area (TPSA) is 50.9 Å². The molecule has 3 heteroatoms. The van der Waals surface area contributed by atoms with Crippen molar-refractivity contribution >= 4 is 11.4 Å². The molecule has 0 saturated carbocycles. The van der Waals surface area contributed by atoms with Gasteiger partial charge < -0.3 is 11.1 Å². The first-order chi connectivity index (χ1) is 7.78. The summed E-state index contributed by atoms with van der Waals surface area (Å²) in [5, 5.41) is 3.32.